The van der Waals surface area contributed by atoms with Gasteiger partial charge in [-0.05, 0) is 101 Å². The Bertz CT molecular complexity index is 2730. The molecule has 0 saturated carbocycles. The van der Waals surface area contributed by atoms with Crippen molar-refractivity contribution < 1.29 is 0 Å². The molecule has 0 nitrogen and oxygen atoms in total. The highest BCUT2D eigenvalue weighted by atomic mass is 32.2. The van der Waals surface area contributed by atoms with Crippen LogP contribution in [0.1, 0.15) is 11.1 Å². The summed E-state index contributed by atoms with van der Waals surface area (Å²) in [6, 6.07) is 99.5. The van der Waals surface area contributed by atoms with Crippen LogP contribution in [0.2, 0.25) is 0 Å². The smallest absolute Gasteiger partial charge is 0.0895 e. The Morgan fingerprint density at radius 3 is 0.708 bits per heavy atom. The Kier molecular flexibility index (Phi) is 12.0. The molecular weight excluding hydrogens is 833 g/mol. The highest BCUT2D eigenvalue weighted by Gasteiger charge is 2.42. The van der Waals surface area contributed by atoms with E-state index in [1.165, 1.54) is 84.7 Å². The first-order valence-electron chi connectivity index (χ1n) is 22.5. The summed E-state index contributed by atoms with van der Waals surface area (Å²) in [6.07, 6.45) is 0. The fraction of sp³-hybridized carbons (Fsp3) is 0.0323. The normalized spacial score (nSPS) is 11.6. The molecule has 0 heterocycles. The third-order valence-electron chi connectivity index (χ3n) is 13.3. The molecule has 0 saturated heterocycles. The van der Waals surface area contributed by atoms with Crippen LogP contribution in [0.5, 0.6) is 0 Å². The second-order valence-electron chi connectivity index (χ2n) is 16.8. The van der Waals surface area contributed by atoms with Crippen LogP contribution < -0.4 is 41.5 Å². The molecule has 3 heteroatoms. The van der Waals surface area contributed by atoms with Crippen LogP contribution in [0.15, 0.2) is 277 Å². The third kappa shape index (κ3) is 7.76. The lowest BCUT2D eigenvalue weighted by atomic mass is 10.0. The minimum Gasteiger partial charge on any atom is -0.0895 e. The van der Waals surface area contributed by atoms with E-state index in [4.69, 9.17) is 0 Å². The van der Waals surface area contributed by atoms with E-state index in [-0.39, 0.29) is 0 Å². The molecule has 0 aliphatic rings. The van der Waals surface area contributed by atoms with Gasteiger partial charge in [0.2, 0.25) is 0 Å². The SMILES string of the molecule is Cc1c(Sc2cccc(-c3ccc([Si](c4ccccc4)(c4ccccc4)c4ccccc4)cc3)c2C)cccc1-c1ccc([Si](c2ccccc2)(c2ccccc2)c2ccccc2)cc1. The van der Waals surface area contributed by atoms with Crippen LogP contribution >= 0.6 is 11.8 Å². The fourth-order valence-electron chi connectivity index (χ4n) is 10.1. The van der Waals surface area contributed by atoms with E-state index in [1.807, 2.05) is 11.8 Å². The van der Waals surface area contributed by atoms with Gasteiger partial charge in [0, 0.05) is 9.79 Å². The lowest BCUT2D eigenvalue weighted by Gasteiger charge is -2.34. The minimum absolute atomic E-state index is 1.23. The molecule has 312 valence electrons. The summed E-state index contributed by atoms with van der Waals surface area (Å²) in [4.78, 5) is 2.54. The molecule has 0 unspecified atom stereocenters. The first-order chi connectivity index (χ1) is 32.1. The Morgan fingerprint density at radius 1 is 0.231 bits per heavy atom. The maximum Gasteiger partial charge on any atom is 0.179 e. The van der Waals surface area contributed by atoms with E-state index in [1.54, 1.807) is 0 Å². The lowest BCUT2D eigenvalue weighted by molar-refractivity contribution is 1.26. The monoisotopic (exact) mass is 882 g/mol. The summed E-state index contributed by atoms with van der Waals surface area (Å²) in [5.41, 5.74) is 7.58. The van der Waals surface area contributed by atoms with E-state index in [0.717, 1.165) is 0 Å². The van der Waals surface area contributed by atoms with E-state index in [2.05, 4.69) is 281 Å². The van der Waals surface area contributed by atoms with E-state index in [0.29, 0.717) is 0 Å². The molecule has 10 rings (SSSR count). The molecule has 0 aromatic heterocycles. The summed E-state index contributed by atoms with van der Waals surface area (Å²) in [5.74, 6) is 0. The van der Waals surface area contributed by atoms with Gasteiger partial charge < -0.3 is 0 Å². The molecule has 10 aromatic carbocycles. The van der Waals surface area contributed by atoms with Crippen LogP contribution in [0, 0.1) is 13.8 Å². The van der Waals surface area contributed by atoms with E-state index >= 15 is 0 Å². The van der Waals surface area contributed by atoms with Crippen LogP contribution in [0.3, 0.4) is 0 Å². The first kappa shape index (κ1) is 42.0. The largest absolute Gasteiger partial charge is 0.179 e. The van der Waals surface area contributed by atoms with Crippen molar-refractivity contribution in [2.45, 2.75) is 23.6 Å². The van der Waals surface area contributed by atoms with Gasteiger partial charge in [0.15, 0.2) is 16.1 Å². The quantitative estimate of drug-likeness (QED) is 0.0870. The van der Waals surface area contributed by atoms with Gasteiger partial charge in [-0.3, -0.25) is 0 Å². The van der Waals surface area contributed by atoms with Crippen LogP contribution in [0.25, 0.3) is 22.3 Å². The van der Waals surface area contributed by atoms with Crippen molar-refractivity contribution in [3.05, 3.63) is 278 Å². The second-order valence-corrected chi connectivity index (χ2v) is 25.5. The second kappa shape index (κ2) is 18.6. The van der Waals surface area contributed by atoms with Crippen molar-refractivity contribution in [1.82, 2.24) is 0 Å². The molecule has 65 heavy (non-hydrogen) atoms. The Labute approximate surface area is 391 Å². The van der Waals surface area contributed by atoms with Gasteiger partial charge in [0.25, 0.3) is 0 Å². The zero-order valence-corrected chi connectivity index (χ0v) is 39.6. The highest BCUT2D eigenvalue weighted by molar-refractivity contribution is 7.99. The zero-order chi connectivity index (χ0) is 44.1. The first-order valence-corrected chi connectivity index (χ1v) is 27.3. The topological polar surface area (TPSA) is 0 Å². The molecule has 0 spiro atoms. The molecule has 10 aromatic rings. The predicted octanol–water partition coefficient (Wildman–Crippen LogP) is 10.5. The molecular formula is C62H50SSi2. The van der Waals surface area contributed by atoms with Crippen molar-refractivity contribution >= 4 is 69.4 Å². The summed E-state index contributed by atoms with van der Waals surface area (Å²) in [6.45, 7) is 4.56. The van der Waals surface area contributed by atoms with Gasteiger partial charge in [0.1, 0.15) is 0 Å². The maximum absolute atomic E-state index is 2.60. The molecule has 0 N–H and O–H groups in total. The molecule has 0 fully saturated rings. The maximum atomic E-state index is 2.40. The molecule has 0 radical (unpaired) electrons. The van der Waals surface area contributed by atoms with Crippen molar-refractivity contribution in [3.63, 3.8) is 0 Å². The average molecular weight is 883 g/mol. The zero-order valence-electron chi connectivity index (χ0n) is 36.8. The molecule has 0 amide bonds. The Morgan fingerprint density at radius 2 is 0.462 bits per heavy atom. The summed E-state index contributed by atoms with van der Waals surface area (Å²) in [5, 5.41) is 11.1. The van der Waals surface area contributed by atoms with Crippen LogP contribution in [-0.4, -0.2) is 16.1 Å². The summed E-state index contributed by atoms with van der Waals surface area (Å²) >= 11 is 1.87. The van der Waals surface area contributed by atoms with Gasteiger partial charge in [-0.1, -0.05) is 267 Å². The minimum atomic E-state index is -2.60. The standard InChI is InChI=1S/C62H50SSi2/c1-47-59(49-39-43-57(44-40-49)64(51-23-9-3-10-24-51,52-25-11-4-12-26-52)53-27-13-5-14-28-53)35-21-37-61(47)63-62-38-22-36-60(48(62)2)50-41-45-58(46-42-50)65(54-29-15-6-16-30-54,55-31-17-7-18-32-55)56-33-19-8-20-34-56/h3-46H,1-2H3. The molecule has 0 atom stereocenters. The molecule has 0 bridgehead atoms. The fourth-order valence-corrected chi connectivity index (χ4v) is 20.7. The molecule has 0 aliphatic carbocycles. The van der Waals surface area contributed by atoms with Crippen LogP contribution in [-0.2, 0) is 0 Å². The Hall–Kier alpha value is -7.02. The predicted molar refractivity (Wildman–Crippen MR) is 285 cm³/mol. The number of rotatable bonds is 12. The van der Waals surface area contributed by atoms with Crippen molar-refractivity contribution in [1.29, 1.82) is 0 Å². The van der Waals surface area contributed by atoms with Crippen LogP contribution in [0.4, 0.5) is 0 Å². The van der Waals surface area contributed by atoms with Gasteiger partial charge in [-0.2, -0.15) is 0 Å². The number of hydrogen-bond acceptors (Lipinski definition) is 1. The summed E-state index contributed by atoms with van der Waals surface area (Å²) < 4.78 is 0. The highest BCUT2D eigenvalue weighted by Crippen LogP contribution is 2.39. The van der Waals surface area contributed by atoms with E-state index < -0.39 is 16.1 Å². The van der Waals surface area contributed by atoms with Gasteiger partial charge in [-0.25, -0.2) is 0 Å². The third-order valence-corrected chi connectivity index (χ3v) is 24.2. The average Bonchev–Trinajstić information content (AvgIpc) is 3.38. The van der Waals surface area contributed by atoms with Gasteiger partial charge in [-0.15, -0.1) is 0 Å². The van der Waals surface area contributed by atoms with Crippen molar-refractivity contribution in [2.24, 2.45) is 0 Å². The van der Waals surface area contributed by atoms with Crippen molar-refractivity contribution in [3.8, 4) is 22.3 Å². The van der Waals surface area contributed by atoms with E-state index in [9.17, 15) is 0 Å². The van der Waals surface area contributed by atoms with Gasteiger partial charge in [0.05, 0.1) is 0 Å². The summed E-state index contributed by atoms with van der Waals surface area (Å²) in [7, 11) is -5.20. The van der Waals surface area contributed by atoms with Gasteiger partial charge >= 0.3 is 0 Å². The molecule has 0 aliphatic heterocycles. The number of hydrogen-bond donors (Lipinski definition) is 0. The van der Waals surface area contributed by atoms with Crippen molar-refractivity contribution in [2.75, 3.05) is 0 Å². The Balaban J connectivity index is 0.984. The lowest BCUT2D eigenvalue weighted by Crippen LogP contribution is -2.74. The number of benzene rings is 10.